The van der Waals surface area contributed by atoms with E-state index < -0.39 is 11.9 Å². The van der Waals surface area contributed by atoms with E-state index in [0.29, 0.717) is 31.4 Å². The second kappa shape index (κ2) is 5.95. The number of fused-ring (bicyclic) bond motifs is 1. The van der Waals surface area contributed by atoms with Crippen LogP contribution in [-0.4, -0.2) is 35.0 Å². The highest BCUT2D eigenvalue weighted by molar-refractivity contribution is 7.09. The summed E-state index contributed by atoms with van der Waals surface area (Å²) < 4.78 is 39.9. The number of thiophene rings is 1. The van der Waals surface area contributed by atoms with Crippen molar-refractivity contribution in [2.75, 3.05) is 18.0 Å². The molecule has 0 aliphatic carbocycles. The maximum Gasteiger partial charge on any atom is 0.437 e. The molecule has 2 aromatic rings. The van der Waals surface area contributed by atoms with Gasteiger partial charge in [0.2, 0.25) is 5.91 Å². The monoisotopic (exact) mass is 344 g/mol. The molecule has 0 atom stereocenters. The highest BCUT2D eigenvalue weighted by atomic mass is 32.1. The predicted molar refractivity (Wildman–Crippen MR) is 81.5 cm³/mol. The Labute approximate surface area is 134 Å². The van der Waals surface area contributed by atoms with Gasteiger partial charge in [0, 0.05) is 36.8 Å². The van der Waals surface area contributed by atoms with Gasteiger partial charge < -0.3 is 10.2 Å². The Morgan fingerprint density at radius 2 is 1.87 bits per heavy atom. The third-order valence-corrected chi connectivity index (χ3v) is 4.48. The number of nitrogens with one attached hydrogen (secondary N) is 1. The number of anilines is 1. The van der Waals surface area contributed by atoms with E-state index in [1.807, 2.05) is 0 Å². The van der Waals surface area contributed by atoms with E-state index in [1.54, 1.807) is 15.7 Å². The number of piperidine rings is 1. The van der Waals surface area contributed by atoms with Gasteiger partial charge in [-0.1, -0.05) is 0 Å². The Kier molecular flexibility index (Phi) is 4.13. The van der Waals surface area contributed by atoms with Crippen molar-refractivity contribution in [3.05, 3.63) is 16.5 Å². The summed E-state index contributed by atoms with van der Waals surface area (Å²) in [5, 5.41) is 6.05. The number of halogens is 3. The molecule has 0 spiro atoms. The SMILES string of the molecule is CC(=O)NC1CCN(c2nc3cscc3nc2C(F)(F)F)CC1. The minimum atomic E-state index is -4.55. The van der Waals surface area contributed by atoms with Gasteiger partial charge in [-0.3, -0.25) is 4.79 Å². The van der Waals surface area contributed by atoms with Crippen molar-refractivity contribution < 1.29 is 18.0 Å². The molecule has 3 heterocycles. The maximum absolute atomic E-state index is 13.3. The van der Waals surface area contributed by atoms with Gasteiger partial charge in [0.05, 0.1) is 0 Å². The van der Waals surface area contributed by atoms with Gasteiger partial charge >= 0.3 is 6.18 Å². The molecule has 1 N–H and O–H groups in total. The number of amides is 1. The van der Waals surface area contributed by atoms with Crippen molar-refractivity contribution in [2.45, 2.75) is 32.0 Å². The quantitative estimate of drug-likeness (QED) is 0.910. The Bertz CT molecular complexity index is 722. The summed E-state index contributed by atoms with van der Waals surface area (Å²) >= 11 is 1.28. The zero-order valence-electron chi connectivity index (χ0n) is 12.4. The average molecular weight is 344 g/mol. The summed E-state index contributed by atoms with van der Waals surface area (Å²) in [6, 6.07) is -0.00377. The summed E-state index contributed by atoms with van der Waals surface area (Å²) in [5.41, 5.74) is -0.206. The molecule has 0 unspecified atom stereocenters. The zero-order valence-corrected chi connectivity index (χ0v) is 13.2. The fourth-order valence-corrected chi connectivity index (χ4v) is 3.39. The van der Waals surface area contributed by atoms with E-state index in [4.69, 9.17) is 0 Å². The van der Waals surface area contributed by atoms with E-state index in [0.717, 1.165) is 0 Å². The Morgan fingerprint density at radius 1 is 1.26 bits per heavy atom. The number of carbonyl (C=O) groups excluding carboxylic acids is 1. The Hall–Kier alpha value is -1.90. The molecule has 0 saturated carbocycles. The lowest BCUT2D eigenvalue weighted by molar-refractivity contribution is -0.140. The molecule has 124 valence electrons. The van der Waals surface area contributed by atoms with Crippen molar-refractivity contribution >= 4 is 34.1 Å². The molecular formula is C14H15F3N4OS. The average Bonchev–Trinajstić information content (AvgIpc) is 2.92. The second-order valence-electron chi connectivity index (χ2n) is 5.50. The predicted octanol–water partition coefficient (Wildman–Crippen LogP) is 2.82. The lowest BCUT2D eigenvalue weighted by Gasteiger charge is -2.33. The van der Waals surface area contributed by atoms with Crippen LogP contribution in [0, 0.1) is 0 Å². The highest BCUT2D eigenvalue weighted by Gasteiger charge is 2.39. The molecule has 9 heteroatoms. The zero-order chi connectivity index (χ0) is 16.6. The van der Waals surface area contributed by atoms with Crippen LogP contribution in [0.1, 0.15) is 25.5 Å². The molecule has 2 aromatic heterocycles. The van der Waals surface area contributed by atoms with Gasteiger partial charge in [-0.25, -0.2) is 9.97 Å². The van der Waals surface area contributed by atoms with E-state index in [-0.39, 0.29) is 23.3 Å². The number of hydrogen-bond acceptors (Lipinski definition) is 5. The molecule has 0 bridgehead atoms. The van der Waals surface area contributed by atoms with Crippen LogP contribution < -0.4 is 10.2 Å². The summed E-state index contributed by atoms with van der Waals surface area (Å²) in [6.45, 7) is 2.24. The normalized spacial score (nSPS) is 16.8. The number of aromatic nitrogens is 2. The van der Waals surface area contributed by atoms with Gasteiger partial charge in [0.1, 0.15) is 11.0 Å². The van der Waals surface area contributed by atoms with Crippen LogP contribution in [0.3, 0.4) is 0 Å². The summed E-state index contributed by atoms with van der Waals surface area (Å²) in [4.78, 5) is 20.6. The maximum atomic E-state index is 13.3. The molecule has 1 amide bonds. The van der Waals surface area contributed by atoms with Crippen molar-refractivity contribution in [3.63, 3.8) is 0 Å². The lowest BCUT2D eigenvalue weighted by Crippen LogP contribution is -2.44. The largest absolute Gasteiger partial charge is 0.437 e. The minimum Gasteiger partial charge on any atom is -0.355 e. The number of hydrogen-bond donors (Lipinski definition) is 1. The molecule has 3 rings (SSSR count). The van der Waals surface area contributed by atoms with Crippen LogP contribution in [0.5, 0.6) is 0 Å². The highest BCUT2D eigenvalue weighted by Crippen LogP contribution is 2.36. The molecule has 0 radical (unpaired) electrons. The molecule has 1 fully saturated rings. The summed E-state index contributed by atoms with van der Waals surface area (Å²) in [5.74, 6) is -0.247. The van der Waals surface area contributed by atoms with Crippen LogP contribution >= 0.6 is 11.3 Å². The van der Waals surface area contributed by atoms with Crippen LogP contribution in [0.15, 0.2) is 10.8 Å². The fourth-order valence-electron chi connectivity index (χ4n) is 2.72. The van der Waals surface area contributed by atoms with E-state index in [2.05, 4.69) is 15.3 Å². The summed E-state index contributed by atoms with van der Waals surface area (Å²) in [7, 11) is 0. The topological polar surface area (TPSA) is 58.1 Å². The van der Waals surface area contributed by atoms with E-state index >= 15 is 0 Å². The molecule has 1 saturated heterocycles. The minimum absolute atomic E-state index is 0.00377. The first-order chi connectivity index (χ1) is 10.8. The van der Waals surface area contributed by atoms with Crippen molar-refractivity contribution in [2.24, 2.45) is 0 Å². The Morgan fingerprint density at radius 3 is 2.43 bits per heavy atom. The Balaban J connectivity index is 1.88. The first-order valence-electron chi connectivity index (χ1n) is 7.18. The van der Waals surface area contributed by atoms with Crippen molar-refractivity contribution in [1.82, 2.24) is 15.3 Å². The van der Waals surface area contributed by atoms with Crippen LogP contribution in [0.2, 0.25) is 0 Å². The molecule has 5 nitrogen and oxygen atoms in total. The van der Waals surface area contributed by atoms with Crippen molar-refractivity contribution in [1.29, 1.82) is 0 Å². The van der Waals surface area contributed by atoms with Crippen LogP contribution in [0.4, 0.5) is 19.0 Å². The molecule has 23 heavy (non-hydrogen) atoms. The number of rotatable bonds is 2. The first-order valence-corrected chi connectivity index (χ1v) is 8.12. The molecule has 1 aliphatic rings. The van der Waals surface area contributed by atoms with Gasteiger partial charge in [-0.05, 0) is 12.8 Å². The molecular weight excluding hydrogens is 329 g/mol. The van der Waals surface area contributed by atoms with Crippen LogP contribution in [0.25, 0.3) is 11.0 Å². The summed E-state index contributed by atoms with van der Waals surface area (Å²) in [6.07, 6.45) is -3.38. The van der Waals surface area contributed by atoms with Crippen LogP contribution in [-0.2, 0) is 11.0 Å². The van der Waals surface area contributed by atoms with Gasteiger partial charge in [-0.2, -0.15) is 13.2 Å². The fraction of sp³-hybridized carbons (Fsp3) is 0.500. The van der Waals surface area contributed by atoms with Gasteiger partial charge in [0.15, 0.2) is 11.5 Å². The molecule has 0 aromatic carbocycles. The number of alkyl halides is 3. The first kappa shape index (κ1) is 16.0. The van der Waals surface area contributed by atoms with Crippen molar-refractivity contribution in [3.8, 4) is 0 Å². The van der Waals surface area contributed by atoms with Gasteiger partial charge in [-0.15, -0.1) is 11.3 Å². The lowest BCUT2D eigenvalue weighted by atomic mass is 10.0. The second-order valence-corrected chi connectivity index (χ2v) is 6.24. The van der Waals surface area contributed by atoms with E-state index in [9.17, 15) is 18.0 Å². The third kappa shape index (κ3) is 3.39. The van der Waals surface area contributed by atoms with E-state index in [1.165, 1.54) is 18.3 Å². The molecule has 1 aliphatic heterocycles. The van der Waals surface area contributed by atoms with Gasteiger partial charge in [0.25, 0.3) is 0 Å². The number of carbonyl (C=O) groups is 1. The standard InChI is InChI=1S/C14H15F3N4OS/c1-8(22)18-9-2-4-21(5-3-9)13-12(14(15,16)17)19-10-6-23-7-11(10)20-13/h6-7,9H,2-5H2,1H3,(H,18,22). The third-order valence-electron chi connectivity index (χ3n) is 3.76. The number of nitrogens with zero attached hydrogens (tertiary/aromatic N) is 3. The smallest absolute Gasteiger partial charge is 0.355 e.